The van der Waals surface area contributed by atoms with Crippen LogP contribution in [0.3, 0.4) is 0 Å². The van der Waals surface area contributed by atoms with Crippen LogP contribution in [-0.4, -0.2) is 18.0 Å². The summed E-state index contributed by atoms with van der Waals surface area (Å²) >= 11 is 0. The zero-order valence-corrected chi connectivity index (χ0v) is 14.9. The van der Waals surface area contributed by atoms with Crippen molar-refractivity contribution in [1.82, 2.24) is 4.90 Å². The molecule has 0 aromatic heterocycles. The molecule has 0 radical (unpaired) electrons. The van der Waals surface area contributed by atoms with Gasteiger partial charge in [-0.1, -0.05) is 42.5 Å². The third-order valence-corrected chi connectivity index (χ3v) is 6.17. The van der Waals surface area contributed by atoms with Crippen molar-refractivity contribution in [3.63, 3.8) is 0 Å². The van der Waals surface area contributed by atoms with E-state index in [0.29, 0.717) is 5.41 Å². The molecule has 2 aromatic carbocycles. The molecular weight excluding hydrogens is 304 g/mol. The minimum atomic E-state index is 0.313. The number of fused-ring (bicyclic) bond motifs is 2. The average Bonchev–Trinajstić information content (AvgIpc) is 3.00. The van der Waals surface area contributed by atoms with E-state index < -0.39 is 0 Å². The van der Waals surface area contributed by atoms with E-state index in [4.69, 9.17) is 5.26 Å². The quantitative estimate of drug-likeness (QED) is 0.790. The van der Waals surface area contributed by atoms with Crippen molar-refractivity contribution >= 4 is 5.70 Å². The molecule has 2 nitrogen and oxygen atoms in total. The van der Waals surface area contributed by atoms with Crippen molar-refractivity contribution in [2.24, 2.45) is 0 Å². The molecule has 1 aliphatic carbocycles. The van der Waals surface area contributed by atoms with Crippen molar-refractivity contribution in [2.45, 2.75) is 38.0 Å². The predicted octanol–water partition coefficient (Wildman–Crippen LogP) is 4.82. The van der Waals surface area contributed by atoms with Gasteiger partial charge in [0.25, 0.3) is 0 Å². The first-order valence-corrected chi connectivity index (χ1v) is 9.16. The summed E-state index contributed by atoms with van der Waals surface area (Å²) < 4.78 is 0. The van der Waals surface area contributed by atoms with Crippen LogP contribution in [0.2, 0.25) is 0 Å². The minimum Gasteiger partial charge on any atom is -0.371 e. The summed E-state index contributed by atoms with van der Waals surface area (Å²) in [6, 6.07) is 17.2. The van der Waals surface area contributed by atoms with Gasteiger partial charge in [-0.05, 0) is 66.8 Å². The third kappa shape index (κ3) is 2.74. The number of nitrogens with zero attached hydrogens (tertiary/aromatic N) is 2. The number of hydrogen-bond acceptors (Lipinski definition) is 2. The summed E-state index contributed by atoms with van der Waals surface area (Å²) in [7, 11) is 0. The lowest BCUT2D eigenvalue weighted by Gasteiger charge is -2.42. The molecule has 1 fully saturated rings. The van der Waals surface area contributed by atoms with Gasteiger partial charge in [0.2, 0.25) is 0 Å². The Morgan fingerprint density at radius 2 is 1.80 bits per heavy atom. The highest BCUT2D eigenvalue weighted by molar-refractivity contribution is 5.62. The summed E-state index contributed by atoms with van der Waals surface area (Å²) in [5.74, 6) is 0. The maximum absolute atomic E-state index is 9.13. The smallest absolute Gasteiger partial charge is 0.0991 e. The van der Waals surface area contributed by atoms with Gasteiger partial charge in [0, 0.05) is 18.8 Å². The topological polar surface area (TPSA) is 27.0 Å². The average molecular weight is 328 g/mol. The van der Waals surface area contributed by atoms with Crippen molar-refractivity contribution in [1.29, 1.82) is 5.26 Å². The van der Waals surface area contributed by atoms with Crippen LogP contribution < -0.4 is 0 Å². The fourth-order valence-corrected chi connectivity index (χ4v) is 4.55. The maximum atomic E-state index is 9.13. The van der Waals surface area contributed by atoms with E-state index in [9.17, 15) is 0 Å². The number of nitriles is 1. The van der Waals surface area contributed by atoms with Crippen LogP contribution in [-0.2, 0) is 11.8 Å². The summed E-state index contributed by atoms with van der Waals surface area (Å²) in [4.78, 5) is 2.44. The Bertz CT molecular complexity index is 847. The van der Waals surface area contributed by atoms with E-state index in [0.717, 1.165) is 30.8 Å². The first-order chi connectivity index (χ1) is 12.1. The molecule has 1 saturated heterocycles. The number of rotatable bonds is 2. The highest BCUT2D eigenvalue weighted by Gasteiger charge is 2.41. The third-order valence-electron chi connectivity index (χ3n) is 6.17. The van der Waals surface area contributed by atoms with Crippen LogP contribution in [0.4, 0.5) is 0 Å². The standard InChI is InChI=1S/C23H24N2/c1-17-3-6-20(7-4-17)18(2)25-13-11-23(12-14-25)10-9-21-15-19(16-24)5-8-22(21)23/h3-8,15H,2,9-14H2,1H3. The largest absolute Gasteiger partial charge is 0.371 e. The lowest BCUT2D eigenvalue weighted by atomic mass is 9.73. The van der Waals surface area contributed by atoms with Gasteiger partial charge in [0.05, 0.1) is 11.6 Å². The fourth-order valence-electron chi connectivity index (χ4n) is 4.55. The van der Waals surface area contributed by atoms with Crippen molar-refractivity contribution < 1.29 is 0 Å². The second-order valence-electron chi connectivity index (χ2n) is 7.56. The zero-order chi connectivity index (χ0) is 17.4. The minimum absolute atomic E-state index is 0.313. The van der Waals surface area contributed by atoms with Crippen LogP contribution in [0.1, 0.15) is 47.1 Å². The van der Waals surface area contributed by atoms with Gasteiger partial charge < -0.3 is 4.90 Å². The number of aryl methyl sites for hydroxylation is 2. The van der Waals surface area contributed by atoms with Gasteiger partial charge in [-0.25, -0.2) is 0 Å². The Hall–Kier alpha value is -2.53. The highest BCUT2D eigenvalue weighted by atomic mass is 15.1. The fraction of sp³-hybridized carbons (Fsp3) is 0.348. The number of hydrogen-bond donors (Lipinski definition) is 0. The molecule has 1 heterocycles. The van der Waals surface area contributed by atoms with E-state index in [1.807, 2.05) is 6.07 Å². The summed E-state index contributed by atoms with van der Waals surface area (Å²) in [5, 5.41) is 9.13. The molecule has 1 spiro atoms. The molecule has 0 amide bonds. The molecule has 0 saturated carbocycles. The van der Waals surface area contributed by atoms with Gasteiger partial charge in [0.15, 0.2) is 0 Å². The van der Waals surface area contributed by atoms with Crippen molar-refractivity contribution in [2.75, 3.05) is 13.1 Å². The van der Waals surface area contributed by atoms with Gasteiger partial charge >= 0.3 is 0 Å². The van der Waals surface area contributed by atoms with E-state index in [-0.39, 0.29) is 0 Å². The molecule has 126 valence electrons. The SMILES string of the molecule is C=C(c1ccc(C)cc1)N1CCC2(CCc3cc(C#N)ccc32)CC1. The van der Waals surface area contributed by atoms with Gasteiger partial charge in [-0.3, -0.25) is 0 Å². The Morgan fingerprint density at radius 3 is 2.48 bits per heavy atom. The number of piperidine rings is 1. The van der Waals surface area contributed by atoms with Crippen LogP contribution >= 0.6 is 0 Å². The second kappa shape index (κ2) is 6.08. The predicted molar refractivity (Wildman–Crippen MR) is 102 cm³/mol. The lowest BCUT2D eigenvalue weighted by molar-refractivity contribution is 0.216. The molecule has 4 rings (SSSR count). The number of benzene rings is 2. The zero-order valence-electron chi connectivity index (χ0n) is 14.9. The van der Waals surface area contributed by atoms with Gasteiger partial charge in [-0.15, -0.1) is 0 Å². The molecule has 2 aromatic rings. The molecule has 0 unspecified atom stereocenters. The van der Waals surface area contributed by atoms with Crippen LogP contribution in [0.5, 0.6) is 0 Å². The monoisotopic (exact) mass is 328 g/mol. The molecule has 2 aliphatic rings. The highest BCUT2D eigenvalue weighted by Crippen LogP contribution is 2.47. The Labute approximate surface area is 150 Å². The maximum Gasteiger partial charge on any atom is 0.0991 e. The molecular formula is C23H24N2. The van der Waals surface area contributed by atoms with Crippen LogP contribution in [0, 0.1) is 18.3 Å². The molecule has 2 heteroatoms. The van der Waals surface area contributed by atoms with Gasteiger partial charge in [0.1, 0.15) is 0 Å². The van der Waals surface area contributed by atoms with E-state index in [1.54, 1.807) is 0 Å². The van der Waals surface area contributed by atoms with E-state index in [2.05, 4.69) is 60.9 Å². The summed E-state index contributed by atoms with van der Waals surface area (Å²) in [5.41, 5.74) is 7.65. The Kier molecular flexibility index (Phi) is 3.88. The second-order valence-corrected chi connectivity index (χ2v) is 7.56. The van der Waals surface area contributed by atoms with Crippen LogP contribution in [0.25, 0.3) is 5.70 Å². The van der Waals surface area contributed by atoms with E-state index in [1.165, 1.54) is 41.5 Å². The van der Waals surface area contributed by atoms with Gasteiger partial charge in [-0.2, -0.15) is 5.26 Å². The van der Waals surface area contributed by atoms with Crippen molar-refractivity contribution in [3.8, 4) is 6.07 Å². The summed E-state index contributed by atoms with van der Waals surface area (Å²) in [6.45, 7) is 8.59. The molecule has 0 atom stereocenters. The van der Waals surface area contributed by atoms with Crippen molar-refractivity contribution in [3.05, 3.63) is 76.9 Å². The first-order valence-electron chi connectivity index (χ1n) is 9.16. The molecule has 0 N–H and O–H groups in total. The summed E-state index contributed by atoms with van der Waals surface area (Å²) in [6.07, 6.45) is 4.69. The molecule has 25 heavy (non-hydrogen) atoms. The lowest BCUT2D eigenvalue weighted by Crippen LogP contribution is -2.40. The van der Waals surface area contributed by atoms with E-state index >= 15 is 0 Å². The Morgan fingerprint density at radius 1 is 1.08 bits per heavy atom. The first kappa shape index (κ1) is 16.0. The molecule has 0 bridgehead atoms. The normalized spacial score (nSPS) is 18.0. The number of likely N-dealkylation sites (tertiary alicyclic amines) is 1. The van der Waals surface area contributed by atoms with Crippen LogP contribution in [0.15, 0.2) is 49.0 Å². The molecule has 1 aliphatic heterocycles. The Balaban J connectivity index is 1.50.